The van der Waals surface area contributed by atoms with Gasteiger partial charge in [0.2, 0.25) is 0 Å². The number of benzene rings is 1. The number of aromatic nitrogens is 1. The fourth-order valence-electron chi connectivity index (χ4n) is 3.39. The number of para-hydroxylation sites is 1. The number of hydrogen-bond donors (Lipinski definition) is 1. The average Bonchev–Trinajstić information content (AvgIpc) is 3.27. The Morgan fingerprint density at radius 3 is 3.05 bits per heavy atom. The SMILES string of the molecule is O=C(CN1CCC[C@H]1c1cccs1)c1c[nH]c2ccccc12. The second-order valence-electron chi connectivity index (χ2n) is 5.82. The number of nitrogens with one attached hydrogen (secondary N) is 1. The number of fused-ring (bicyclic) bond motifs is 1. The Morgan fingerprint density at radius 2 is 2.18 bits per heavy atom. The quantitative estimate of drug-likeness (QED) is 0.731. The predicted molar refractivity (Wildman–Crippen MR) is 90.5 cm³/mol. The van der Waals surface area contributed by atoms with Crippen molar-refractivity contribution in [1.82, 2.24) is 9.88 Å². The van der Waals surface area contributed by atoms with Crippen molar-refractivity contribution in [2.45, 2.75) is 18.9 Å². The first-order chi connectivity index (χ1) is 10.8. The van der Waals surface area contributed by atoms with E-state index in [2.05, 4.69) is 27.4 Å². The van der Waals surface area contributed by atoms with Crippen LogP contribution in [0.25, 0.3) is 10.9 Å². The molecule has 3 heterocycles. The average molecular weight is 310 g/mol. The highest BCUT2D eigenvalue weighted by Crippen LogP contribution is 2.34. The van der Waals surface area contributed by atoms with Gasteiger partial charge in [-0.2, -0.15) is 0 Å². The second-order valence-corrected chi connectivity index (χ2v) is 6.79. The first kappa shape index (κ1) is 13.7. The van der Waals surface area contributed by atoms with Crippen LogP contribution in [0.3, 0.4) is 0 Å². The lowest BCUT2D eigenvalue weighted by Gasteiger charge is -2.22. The van der Waals surface area contributed by atoms with Gasteiger partial charge in [0, 0.05) is 33.6 Å². The van der Waals surface area contributed by atoms with Gasteiger partial charge in [-0.1, -0.05) is 24.3 Å². The normalized spacial score (nSPS) is 19.0. The molecular weight excluding hydrogens is 292 g/mol. The number of carbonyl (C=O) groups excluding carboxylic acids is 1. The third-order valence-corrected chi connectivity index (χ3v) is 5.45. The van der Waals surface area contributed by atoms with E-state index in [1.807, 2.05) is 30.5 Å². The summed E-state index contributed by atoms with van der Waals surface area (Å²) in [5, 5.41) is 3.15. The molecule has 1 saturated heterocycles. The molecule has 0 aliphatic carbocycles. The molecule has 0 unspecified atom stereocenters. The molecule has 0 spiro atoms. The fourth-order valence-corrected chi connectivity index (χ4v) is 4.29. The molecule has 1 aromatic carbocycles. The molecule has 22 heavy (non-hydrogen) atoms. The minimum absolute atomic E-state index is 0.209. The lowest BCUT2D eigenvalue weighted by Crippen LogP contribution is -2.29. The molecule has 1 aliphatic heterocycles. The van der Waals surface area contributed by atoms with Gasteiger partial charge in [0.05, 0.1) is 6.54 Å². The van der Waals surface area contributed by atoms with Crippen molar-refractivity contribution in [2.75, 3.05) is 13.1 Å². The Labute approximate surface area is 133 Å². The molecule has 112 valence electrons. The van der Waals surface area contributed by atoms with E-state index in [9.17, 15) is 4.79 Å². The molecule has 0 amide bonds. The van der Waals surface area contributed by atoms with Crippen molar-refractivity contribution in [1.29, 1.82) is 0 Å². The molecule has 0 bridgehead atoms. The van der Waals surface area contributed by atoms with E-state index >= 15 is 0 Å². The van der Waals surface area contributed by atoms with Gasteiger partial charge >= 0.3 is 0 Å². The van der Waals surface area contributed by atoms with Crippen molar-refractivity contribution in [3.8, 4) is 0 Å². The fraction of sp³-hybridized carbons (Fsp3) is 0.278. The van der Waals surface area contributed by atoms with Gasteiger partial charge in [0.15, 0.2) is 5.78 Å². The number of carbonyl (C=O) groups is 1. The van der Waals surface area contributed by atoms with Gasteiger partial charge in [-0.3, -0.25) is 9.69 Å². The standard InChI is InChI=1S/C18H18N2OS/c21-17(14-11-19-15-6-2-1-5-13(14)15)12-20-9-3-7-16(20)18-8-4-10-22-18/h1-2,4-6,8,10-11,16,19H,3,7,9,12H2/t16-/m0/s1. The van der Waals surface area contributed by atoms with Crippen LogP contribution in [0, 0.1) is 0 Å². The lowest BCUT2D eigenvalue weighted by molar-refractivity contribution is 0.0924. The monoisotopic (exact) mass is 310 g/mol. The summed E-state index contributed by atoms with van der Waals surface area (Å²) < 4.78 is 0. The number of H-pyrrole nitrogens is 1. The van der Waals surface area contributed by atoms with E-state index in [1.165, 1.54) is 11.3 Å². The molecular formula is C18H18N2OS. The molecule has 4 heteroatoms. The summed E-state index contributed by atoms with van der Waals surface area (Å²) in [7, 11) is 0. The third-order valence-electron chi connectivity index (χ3n) is 4.47. The molecule has 1 N–H and O–H groups in total. The number of Topliss-reactive ketones (excluding diaryl/α,β-unsaturated/α-hetero) is 1. The maximum atomic E-state index is 12.7. The van der Waals surface area contributed by atoms with Crippen LogP contribution in [0.15, 0.2) is 48.0 Å². The zero-order valence-corrected chi connectivity index (χ0v) is 13.1. The van der Waals surface area contributed by atoms with Crippen LogP contribution in [-0.2, 0) is 0 Å². The van der Waals surface area contributed by atoms with Gasteiger partial charge in [-0.15, -0.1) is 11.3 Å². The van der Waals surface area contributed by atoms with Gasteiger partial charge in [-0.05, 0) is 36.9 Å². The summed E-state index contributed by atoms with van der Waals surface area (Å²) in [5.41, 5.74) is 1.84. The predicted octanol–water partition coefficient (Wildman–Crippen LogP) is 4.25. The Morgan fingerprint density at radius 1 is 1.27 bits per heavy atom. The Balaban J connectivity index is 1.56. The molecule has 0 saturated carbocycles. The van der Waals surface area contributed by atoms with E-state index < -0.39 is 0 Å². The zero-order valence-electron chi connectivity index (χ0n) is 12.3. The van der Waals surface area contributed by atoms with Crippen molar-refractivity contribution in [3.63, 3.8) is 0 Å². The molecule has 1 atom stereocenters. The summed E-state index contributed by atoms with van der Waals surface area (Å²) in [6.07, 6.45) is 4.18. The molecule has 0 radical (unpaired) electrons. The number of thiophene rings is 1. The summed E-state index contributed by atoms with van der Waals surface area (Å²) >= 11 is 1.79. The molecule has 2 aromatic heterocycles. The summed E-state index contributed by atoms with van der Waals surface area (Å²) in [6, 6.07) is 12.7. The van der Waals surface area contributed by atoms with Crippen LogP contribution in [0.2, 0.25) is 0 Å². The van der Waals surface area contributed by atoms with Crippen LogP contribution in [0.4, 0.5) is 0 Å². The smallest absolute Gasteiger partial charge is 0.178 e. The summed E-state index contributed by atoms with van der Waals surface area (Å²) in [6.45, 7) is 1.51. The van der Waals surface area contributed by atoms with Crippen molar-refractivity contribution in [2.24, 2.45) is 0 Å². The van der Waals surface area contributed by atoms with Gasteiger partial charge < -0.3 is 4.98 Å². The molecule has 3 aromatic rings. The third kappa shape index (κ3) is 2.38. The van der Waals surface area contributed by atoms with Crippen molar-refractivity contribution in [3.05, 3.63) is 58.4 Å². The lowest BCUT2D eigenvalue weighted by atomic mass is 10.1. The Bertz CT molecular complexity index is 790. The van der Waals surface area contributed by atoms with Gasteiger partial charge in [0.1, 0.15) is 0 Å². The number of aromatic amines is 1. The topological polar surface area (TPSA) is 36.1 Å². The van der Waals surface area contributed by atoms with E-state index in [-0.39, 0.29) is 5.78 Å². The van der Waals surface area contributed by atoms with Gasteiger partial charge in [-0.25, -0.2) is 0 Å². The number of hydrogen-bond acceptors (Lipinski definition) is 3. The first-order valence-electron chi connectivity index (χ1n) is 7.70. The first-order valence-corrected chi connectivity index (χ1v) is 8.57. The minimum atomic E-state index is 0.209. The maximum Gasteiger partial charge on any atom is 0.178 e. The second kappa shape index (κ2) is 5.71. The van der Waals surface area contributed by atoms with Crippen LogP contribution in [-0.4, -0.2) is 28.8 Å². The van der Waals surface area contributed by atoms with Crippen molar-refractivity contribution >= 4 is 28.0 Å². The largest absolute Gasteiger partial charge is 0.360 e. The van der Waals surface area contributed by atoms with Crippen LogP contribution >= 0.6 is 11.3 Å². The Kier molecular flexibility index (Phi) is 3.56. The molecule has 1 fully saturated rings. The number of rotatable bonds is 4. The van der Waals surface area contributed by atoms with E-state index in [0.717, 1.165) is 29.4 Å². The van der Waals surface area contributed by atoms with Gasteiger partial charge in [0.25, 0.3) is 0 Å². The van der Waals surface area contributed by atoms with Crippen LogP contribution < -0.4 is 0 Å². The molecule has 1 aliphatic rings. The van der Waals surface area contributed by atoms with E-state index in [0.29, 0.717) is 12.6 Å². The summed E-state index contributed by atoms with van der Waals surface area (Å²) in [5.74, 6) is 0.209. The van der Waals surface area contributed by atoms with E-state index in [4.69, 9.17) is 0 Å². The maximum absolute atomic E-state index is 12.7. The number of ketones is 1. The Hall–Kier alpha value is -1.91. The highest BCUT2D eigenvalue weighted by atomic mass is 32.1. The van der Waals surface area contributed by atoms with Crippen LogP contribution in [0.5, 0.6) is 0 Å². The van der Waals surface area contributed by atoms with E-state index in [1.54, 1.807) is 11.3 Å². The molecule has 3 nitrogen and oxygen atoms in total. The minimum Gasteiger partial charge on any atom is -0.360 e. The number of likely N-dealkylation sites (tertiary alicyclic amines) is 1. The number of nitrogens with zero attached hydrogens (tertiary/aromatic N) is 1. The van der Waals surface area contributed by atoms with Crippen LogP contribution in [0.1, 0.15) is 34.1 Å². The molecule has 4 rings (SSSR count). The van der Waals surface area contributed by atoms with Crippen molar-refractivity contribution < 1.29 is 4.79 Å². The highest BCUT2D eigenvalue weighted by Gasteiger charge is 2.28. The summed E-state index contributed by atoms with van der Waals surface area (Å²) in [4.78, 5) is 19.6. The zero-order chi connectivity index (χ0) is 14.9. The highest BCUT2D eigenvalue weighted by molar-refractivity contribution is 7.10.